The van der Waals surface area contributed by atoms with Crippen molar-refractivity contribution in [2.75, 3.05) is 7.11 Å². The van der Waals surface area contributed by atoms with Gasteiger partial charge in [-0.25, -0.2) is 0 Å². The minimum Gasteiger partial charge on any atom is -0.378 e. The first-order chi connectivity index (χ1) is 4.57. The summed E-state index contributed by atoms with van der Waals surface area (Å²) in [7, 11) is 1.62. The summed E-state index contributed by atoms with van der Waals surface area (Å²) in [5, 5.41) is 0. The molecule has 0 rings (SSSR count). The quantitative estimate of drug-likeness (QED) is 0.559. The van der Waals surface area contributed by atoms with Gasteiger partial charge in [-0.1, -0.05) is 0 Å². The molecule has 2 heteroatoms. The molecule has 0 radical (unpaired) electrons. The molecule has 0 aliphatic heterocycles. The molecule has 0 saturated heterocycles. The first kappa shape index (κ1) is 9.37. The number of carbonyl (C=O) groups excluding carboxylic acids is 1. The lowest BCUT2D eigenvalue weighted by Crippen LogP contribution is -2.03. The molecule has 0 fully saturated rings. The van der Waals surface area contributed by atoms with Crippen LogP contribution in [0.3, 0.4) is 0 Å². The van der Waals surface area contributed by atoms with Crippen molar-refractivity contribution in [2.45, 2.75) is 26.9 Å². The van der Waals surface area contributed by atoms with Gasteiger partial charge in [-0.15, -0.1) is 0 Å². The molecule has 0 N–H and O–H groups in total. The molecule has 2 nitrogen and oxygen atoms in total. The van der Waals surface area contributed by atoms with E-state index in [1.165, 1.54) is 0 Å². The normalized spacial score (nSPS) is 15.0. The molecule has 0 spiro atoms. The largest absolute Gasteiger partial charge is 0.378 e. The third kappa shape index (κ3) is 3.41. The van der Waals surface area contributed by atoms with Gasteiger partial charge in [0, 0.05) is 7.11 Å². The molecule has 0 saturated carbocycles. The Balaban J connectivity index is 4.02. The molecule has 58 valence electrons. The maximum atomic E-state index is 10.7. The lowest BCUT2D eigenvalue weighted by Gasteiger charge is -2.03. The number of ether oxygens (including phenoxy) is 1. The average molecular weight is 142 g/mol. The predicted molar refractivity (Wildman–Crippen MR) is 40.9 cm³/mol. The number of carbonyl (C=O) groups is 1. The summed E-state index contributed by atoms with van der Waals surface area (Å²) in [5.74, 6) is 0.101. The highest BCUT2D eigenvalue weighted by Crippen LogP contribution is 1.98. The van der Waals surface area contributed by atoms with E-state index in [0.717, 1.165) is 5.57 Å². The van der Waals surface area contributed by atoms with Crippen LogP contribution in [-0.4, -0.2) is 19.0 Å². The van der Waals surface area contributed by atoms with Crippen LogP contribution in [0.2, 0.25) is 0 Å². The molecule has 0 aliphatic rings. The molecule has 10 heavy (non-hydrogen) atoms. The highest BCUT2D eigenvalue weighted by atomic mass is 16.5. The van der Waals surface area contributed by atoms with E-state index in [-0.39, 0.29) is 11.9 Å². The van der Waals surface area contributed by atoms with Gasteiger partial charge in [0.25, 0.3) is 0 Å². The first-order valence-corrected chi connectivity index (χ1v) is 3.30. The van der Waals surface area contributed by atoms with Crippen molar-refractivity contribution < 1.29 is 9.53 Å². The van der Waals surface area contributed by atoms with Crippen molar-refractivity contribution in [3.63, 3.8) is 0 Å². The molecule has 1 unspecified atom stereocenters. The molecule has 0 amide bonds. The van der Waals surface area contributed by atoms with Crippen molar-refractivity contribution in [1.82, 2.24) is 0 Å². The van der Waals surface area contributed by atoms with Crippen molar-refractivity contribution >= 4 is 5.78 Å². The number of hydrogen-bond donors (Lipinski definition) is 0. The highest BCUT2D eigenvalue weighted by Gasteiger charge is 1.98. The van der Waals surface area contributed by atoms with Gasteiger partial charge in [-0.3, -0.25) is 4.79 Å². The number of methoxy groups -OCH3 is 1. The molecule has 1 atom stereocenters. The number of hydrogen-bond acceptors (Lipinski definition) is 2. The fourth-order valence-electron chi connectivity index (χ4n) is 0.537. The maximum absolute atomic E-state index is 10.7. The van der Waals surface area contributed by atoms with Gasteiger partial charge in [0.05, 0.1) is 6.10 Å². The maximum Gasteiger partial charge on any atom is 0.155 e. The molecular formula is C8H14O2. The standard InChI is InChI=1S/C8H14O2/c1-6(8(3)9)5-7(2)10-4/h5,7H,1-4H3. The van der Waals surface area contributed by atoms with Crippen molar-refractivity contribution in [2.24, 2.45) is 0 Å². The Labute approximate surface area is 61.9 Å². The molecular weight excluding hydrogens is 128 g/mol. The summed E-state index contributed by atoms with van der Waals surface area (Å²) < 4.78 is 4.94. The van der Waals surface area contributed by atoms with E-state index >= 15 is 0 Å². The summed E-state index contributed by atoms with van der Waals surface area (Å²) >= 11 is 0. The Morgan fingerprint density at radius 2 is 2.00 bits per heavy atom. The van der Waals surface area contributed by atoms with Gasteiger partial charge in [-0.05, 0) is 32.4 Å². The number of ketones is 1. The molecule has 0 aliphatic carbocycles. The number of allylic oxidation sites excluding steroid dienone is 1. The summed E-state index contributed by atoms with van der Waals surface area (Å²) in [6, 6.07) is 0. The Hall–Kier alpha value is -0.630. The van der Waals surface area contributed by atoms with Crippen LogP contribution in [0.15, 0.2) is 11.6 Å². The zero-order chi connectivity index (χ0) is 8.15. The van der Waals surface area contributed by atoms with Crippen LogP contribution in [0.25, 0.3) is 0 Å². The SMILES string of the molecule is COC(C)C=C(C)C(C)=O. The summed E-state index contributed by atoms with van der Waals surface area (Å²) in [5.41, 5.74) is 0.759. The molecule has 0 bridgehead atoms. The fourth-order valence-corrected chi connectivity index (χ4v) is 0.537. The van der Waals surface area contributed by atoms with Crippen molar-refractivity contribution in [3.05, 3.63) is 11.6 Å². The van der Waals surface area contributed by atoms with Gasteiger partial charge in [0.2, 0.25) is 0 Å². The van der Waals surface area contributed by atoms with Crippen molar-refractivity contribution in [3.8, 4) is 0 Å². The average Bonchev–Trinajstić information content (AvgIpc) is 1.87. The van der Waals surface area contributed by atoms with Gasteiger partial charge in [0.1, 0.15) is 0 Å². The van der Waals surface area contributed by atoms with E-state index in [1.54, 1.807) is 21.0 Å². The molecule has 0 aromatic rings. The van der Waals surface area contributed by atoms with E-state index < -0.39 is 0 Å². The van der Waals surface area contributed by atoms with E-state index in [9.17, 15) is 4.79 Å². The summed E-state index contributed by atoms with van der Waals surface area (Å²) in [6.45, 7) is 5.23. The van der Waals surface area contributed by atoms with E-state index in [4.69, 9.17) is 4.74 Å². The predicted octanol–water partition coefficient (Wildman–Crippen LogP) is 1.56. The van der Waals surface area contributed by atoms with E-state index in [0.29, 0.717) is 0 Å². The third-order valence-electron chi connectivity index (χ3n) is 1.41. The minimum absolute atomic E-state index is 0.0314. The van der Waals surface area contributed by atoms with Crippen LogP contribution in [-0.2, 0) is 9.53 Å². The Bertz CT molecular complexity index is 147. The second-order valence-electron chi connectivity index (χ2n) is 2.35. The zero-order valence-corrected chi connectivity index (χ0v) is 6.97. The Morgan fingerprint density at radius 3 is 2.30 bits per heavy atom. The van der Waals surface area contributed by atoms with E-state index in [2.05, 4.69) is 0 Å². The van der Waals surface area contributed by atoms with Crippen LogP contribution < -0.4 is 0 Å². The van der Waals surface area contributed by atoms with Crippen LogP contribution in [0.4, 0.5) is 0 Å². The Kier molecular flexibility index (Phi) is 3.96. The molecule has 0 aromatic heterocycles. The summed E-state index contributed by atoms with van der Waals surface area (Å²) in [6.07, 6.45) is 1.84. The van der Waals surface area contributed by atoms with Crippen molar-refractivity contribution in [1.29, 1.82) is 0 Å². The highest BCUT2D eigenvalue weighted by molar-refractivity contribution is 5.92. The van der Waals surface area contributed by atoms with Crippen LogP contribution in [0.1, 0.15) is 20.8 Å². The smallest absolute Gasteiger partial charge is 0.155 e. The lowest BCUT2D eigenvalue weighted by molar-refractivity contribution is -0.113. The van der Waals surface area contributed by atoms with Crippen LogP contribution in [0, 0.1) is 0 Å². The first-order valence-electron chi connectivity index (χ1n) is 3.30. The number of Topliss-reactive ketones (excluding diaryl/α,β-unsaturated/α-hetero) is 1. The van der Waals surface area contributed by atoms with Gasteiger partial charge in [0.15, 0.2) is 5.78 Å². The fraction of sp³-hybridized carbons (Fsp3) is 0.625. The lowest BCUT2D eigenvalue weighted by atomic mass is 10.2. The second kappa shape index (κ2) is 4.23. The van der Waals surface area contributed by atoms with E-state index in [1.807, 2.05) is 13.0 Å². The third-order valence-corrected chi connectivity index (χ3v) is 1.41. The minimum atomic E-state index is 0.0314. The van der Waals surface area contributed by atoms with Crippen LogP contribution >= 0.6 is 0 Å². The number of rotatable bonds is 3. The Morgan fingerprint density at radius 1 is 1.50 bits per heavy atom. The second-order valence-corrected chi connectivity index (χ2v) is 2.35. The van der Waals surface area contributed by atoms with Crippen LogP contribution in [0.5, 0.6) is 0 Å². The zero-order valence-electron chi connectivity index (χ0n) is 6.97. The monoisotopic (exact) mass is 142 g/mol. The van der Waals surface area contributed by atoms with Gasteiger partial charge >= 0.3 is 0 Å². The molecule has 0 aromatic carbocycles. The topological polar surface area (TPSA) is 26.3 Å². The summed E-state index contributed by atoms with van der Waals surface area (Å²) in [4.78, 5) is 10.7. The molecule has 0 heterocycles. The van der Waals surface area contributed by atoms with Gasteiger partial charge in [-0.2, -0.15) is 0 Å². The van der Waals surface area contributed by atoms with Gasteiger partial charge < -0.3 is 4.74 Å².